The third kappa shape index (κ3) is 7.59. The molecule has 0 aliphatic carbocycles. The number of hydrogen-bond acceptors (Lipinski definition) is 12. The maximum Gasteiger partial charge on any atom is 0.338 e. The lowest BCUT2D eigenvalue weighted by Gasteiger charge is -2.11. The summed E-state index contributed by atoms with van der Waals surface area (Å²) in [6.07, 6.45) is 3.23. The van der Waals surface area contributed by atoms with Gasteiger partial charge in [0.1, 0.15) is 18.6 Å². The molecule has 2 heterocycles. The summed E-state index contributed by atoms with van der Waals surface area (Å²) in [6, 6.07) is 3.77. The molecular weight excluding hydrogens is 440 g/mol. The van der Waals surface area contributed by atoms with Gasteiger partial charge in [0.15, 0.2) is 0 Å². The zero-order chi connectivity index (χ0) is 21.9. The molecule has 1 aromatic carbocycles. The van der Waals surface area contributed by atoms with Gasteiger partial charge in [-0.3, -0.25) is 14.9 Å². The monoisotopic (exact) mass is 460 g/mol. The molecule has 0 spiro atoms. The van der Waals surface area contributed by atoms with E-state index >= 15 is 0 Å². The molecule has 1 fully saturated rings. The summed E-state index contributed by atoms with van der Waals surface area (Å²) in [4.78, 5) is 46.8. The molecule has 3 rings (SSSR count). The van der Waals surface area contributed by atoms with Crippen molar-refractivity contribution in [2.45, 2.75) is 24.7 Å². The van der Waals surface area contributed by atoms with Gasteiger partial charge in [0, 0.05) is 17.7 Å². The highest BCUT2D eigenvalue weighted by molar-refractivity contribution is 8.78. The topological polar surface area (TPSA) is 138 Å². The molecule has 164 valence electrons. The van der Waals surface area contributed by atoms with Crippen LogP contribution in [-0.2, 0) is 30.7 Å². The summed E-state index contributed by atoms with van der Waals surface area (Å²) < 4.78 is 4.42. The molecule has 0 saturated carbocycles. The first-order valence-corrected chi connectivity index (χ1v) is 10.9. The van der Waals surface area contributed by atoms with Crippen LogP contribution in [0.1, 0.15) is 28.8 Å². The van der Waals surface area contributed by atoms with Crippen LogP contribution in [0.3, 0.4) is 0 Å². The van der Waals surface area contributed by atoms with Crippen molar-refractivity contribution in [1.29, 1.82) is 0 Å². The molecule has 0 bridgehead atoms. The second-order valence-corrected chi connectivity index (χ2v) is 8.12. The van der Waals surface area contributed by atoms with Gasteiger partial charge in [-0.1, -0.05) is 27.7 Å². The quantitative estimate of drug-likeness (QED) is 0.277. The van der Waals surface area contributed by atoms with Crippen LogP contribution in [0.4, 0.5) is 5.69 Å². The normalized spacial score (nSPS) is 17.9. The predicted octanol–water partition coefficient (Wildman–Crippen LogP) is 2.55. The van der Waals surface area contributed by atoms with Crippen molar-refractivity contribution >= 4 is 39.2 Å². The van der Waals surface area contributed by atoms with Crippen LogP contribution in [-0.4, -0.2) is 52.9 Å². The first-order chi connectivity index (χ1) is 14.4. The van der Waals surface area contributed by atoms with Crippen LogP contribution in [0.15, 0.2) is 29.7 Å². The number of nitrogens with zero attached hydrogens (tertiary/aromatic N) is 2. The zero-order valence-corrected chi connectivity index (χ0v) is 17.6. The van der Waals surface area contributed by atoms with E-state index in [0.717, 1.165) is 17.9 Å². The summed E-state index contributed by atoms with van der Waals surface area (Å²) in [5, 5.41) is 22.6. The van der Waals surface area contributed by atoms with E-state index in [-0.39, 0.29) is 22.8 Å². The van der Waals surface area contributed by atoms with E-state index in [1.165, 1.54) is 19.2 Å². The minimum absolute atomic E-state index is 0.0846. The highest BCUT2D eigenvalue weighted by Crippen LogP contribution is 2.37. The predicted molar refractivity (Wildman–Crippen MR) is 108 cm³/mol. The van der Waals surface area contributed by atoms with E-state index in [1.54, 1.807) is 21.6 Å². The minimum Gasteiger partial charge on any atom is -0.465 e. The number of benzene rings is 1. The molecular formula is C17H20N2O9S2. The maximum atomic E-state index is 11.3. The highest BCUT2D eigenvalue weighted by atomic mass is 33.1. The lowest BCUT2D eigenvalue weighted by molar-refractivity contribution is -0.460. The summed E-state index contributed by atoms with van der Waals surface area (Å²) in [5.41, 5.74) is -0.0468. The summed E-state index contributed by atoms with van der Waals surface area (Å²) in [6.45, 7) is 0.397. The van der Waals surface area contributed by atoms with E-state index in [4.69, 9.17) is 19.6 Å². The Hall–Kier alpha value is -2.16. The summed E-state index contributed by atoms with van der Waals surface area (Å²) in [5.74, 6) is -0.981. The van der Waals surface area contributed by atoms with Crippen LogP contribution in [0.25, 0.3) is 0 Å². The highest BCUT2D eigenvalue weighted by Gasteiger charge is 2.20. The third-order valence-corrected chi connectivity index (χ3v) is 6.12. The Labute approximate surface area is 179 Å². The first kappa shape index (κ1) is 24.1. The fraction of sp³-hybridized carbons (Fsp3) is 0.412. The first-order valence-electron chi connectivity index (χ1n) is 8.66. The molecule has 0 radical (unpaired) electrons. The minimum atomic E-state index is -0.655. The Morgan fingerprint density at radius 1 is 1.37 bits per heavy atom. The lowest BCUT2D eigenvalue weighted by atomic mass is 10.1. The van der Waals surface area contributed by atoms with Crippen molar-refractivity contribution in [1.82, 2.24) is 5.39 Å². The Morgan fingerprint density at radius 3 is 2.67 bits per heavy atom. The number of carbonyl (C=O) groups excluding carboxylic acids is 2. The van der Waals surface area contributed by atoms with Gasteiger partial charge >= 0.3 is 11.9 Å². The van der Waals surface area contributed by atoms with Crippen LogP contribution >= 0.6 is 21.6 Å². The van der Waals surface area contributed by atoms with Gasteiger partial charge in [0.25, 0.3) is 5.69 Å². The molecule has 30 heavy (non-hydrogen) atoms. The molecule has 1 unspecified atom stereocenters. The molecule has 2 aliphatic rings. The number of nitro groups is 1. The van der Waals surface area contributed by atoms with Crippen molar-refractivity contribution in [3.8, 4) is 0 Å². The molecule has 1 saturated heterocycles. The van der Waals surface area contributed by atoms with Crippen LogP contribution < -0.4 is 0 Å². The van der Waals surface area contributed by atoms with Gasteiger partial charge in [-0.05, 0) is 24.0 Å². The Bertz CT molecular complexity index is 784. The lowest BCUT2D eigenvalue weighted by Crippen LogP contribution is -2.22. The van der Waals surface area contributed by atoms with Crippen molar-refractivity contribution in [3.63, 3.8) is 0 Å². The van der Waals surface area contributed by atoms with E-state index < -0.39 is 17.5 Å². The molecule has 2 aliphatic heterocycles. The van der Waals surface area contributed by atoms with E-state index in [2.05, 4.69) is 10.8 Å². The Kier molecular flexibility index (Phi) is 10.1. The van der Waals surface area contributed by atoms with Gasteiger partial charge in [-0.15, -0.1) is 0 Å². The number of rotatable bonds is 7. The van der Waals surface area contributed by atoms with Gasteiger partial charge < -0.3 is 14.7 Å². The fourth-order valence-electron chi connectivity index (χ4n) is 2.21. The number of aliphatic hydroxyl groups excluding tert-OH is 1. The maximum absolute atomic E-state index is 11.3. The summed E-state index contributed by atoms with van der Waals surface area (Å²) >= 11 is 0. The van der Waals surface area contributed by atoms with Crippen LogP contribution in [0.2, 0.25) is 0 Å². The largest absolute Gasteiger partial charge is 0.465 e. The standard InChI is InChI=1S/C9H9NO5.C8H11NO4S2/c1-15-9(12)6-2-3-7(5-11)8(4-6)10(13)14;10-8(13-9-11-4-5-12-9)2-1-7-3-6-14-15-7/h2-4,11H,5H2,1H3;3,6-7H,1-2,4-5H2. The number of aliphatic hydroxyl groups is 1. The van der Waals surface area contributed by atoms with Crippen LogP contribution in [0.5, 0.6) is 0 Å². The van der Waals surface area contributed by atoms with E-state index in [0.29, 0.717) is 24.9 Å². The molecule has 11 nitrogen and oxygen atoms in total. The Morgan fingerprint density at radius 2 is 2.10 bits per heavy atom. The second kappa shape index (κ2) is 12.5. The molecule has 0 aromatic heterocycles. The average molecular weight is 460 g/mol. The third-order valence-electron chi connectivity index (χ3n) is 3.69. The SMILES string of the molecule is COC(=O)c1ccc(CO)c([N+](=O)[O-])c1.O=C(CCC1C=CSS1)ON1OCCO1. The number of methoxy groups -OCH3 is 1. The zero-order valence-electron chi connectivity index (χ0n) is 15.9. The number of hydrogen-bond donors (Lipinski definition) is 1. The van der Waals surface area contributed by atoms with Crippen molar-refractivity contribution in [2.24, 2.45) is 0 Å². The number of esters is 1. The van der Waals surface area contributed by atoms with Crippen LogP contribution in [0, 0.1) is 10.1 Å². The van der Waals surface area contributed by atoms with Crippen molar-refractivity contribution < 1.29 is 38.9 Å². The van der Waals surface area contributed by atoms with Gasteiger partial charge in [0.2, 0.25) is 0 Å². The molecule has 13 heteroatoms. The van der Waals surface area contributed by atoms with E-state index in [1.807, 2.05) is 5.41 Å². The summed E-state index contributed by atoms with van der Waals surface area (Å²) in [7, 11) is 4.63. The second-order valence-electron chi connectivity index (χ2n) is 5.70. The van der Waals surface area contributed by atoms with Gasteiger partial charge in [-0.2, -0.15) is 0 Å². The van der Waals surface area contributed by atoms with Crippen molar-refractivity contribution in [3.05, 3.63) is 50.9 Å². The molecule has 0 amide bonds. The van der Waals surface area contributed by atoms with Gasteiger partial charge in [-0.25, -0.2) is 14.5 Å². The number of ether oxygens (including phenoxy) is 1. The van der Waals surface area contributed by atoms with Crippen molar-refractivity contribution in [2.75, 3.05) is 20.3 Å². The number of nitro benzene ring substituents is 1. The molecule has 1 atom stereocenters. The fourth-order valence-corrected chi connectivity index (χ4v) is 4.43. The van der Waals surface area contributed by atoms with Gasteiger partial charge in [0.05, 0.1) is 29.8 Å². The average Bonchev–Trinajstić information content (AvgIpc) is 3.45. The smallest absolute Gasteiger partial charge is 0.338 e. The molecule has 1 N–H and O–H groups in total. The number of carbonyl (C=O) groups is 2. The Balaban J connectivity index is 0.000000214. The molecule has 1 aromatic rings. The van der Waals surface area contributed by atoms with E-state index in [9.17, 15) is 19.7 Å².